The predicted molar refractivity (Wildman–Crippen MR) is 86.7 cm³/mol. The van der Waals surface area contributed by atoms with Crippen LogP contribution >= 0.6 is 0 Å². The Hall–Kier alpha value is -2.44. The first kappa shape index (κ1) is 16.4. The molecule has 2 aromatic rings. The molecule has 128 valence electrons. The van der Waals surface area contributed by atoms with E-state index in [9.17, 15) is 9.59 Å². The van der Waals surface area contributed by atoms with Gasteiger partial charge in [-0.25, -0.2) is 4.98 Å². The third-order valence-electron chi connectivity index (χ3n) is 4.31. The highest BCUT2D eigenvalue weighted by Gasteiger charge is 2.29. The van der Waals surface area contributed by atoms with Crippen LogP contribution in [0.5, 0.6) is 0 Å². The number of ether oxygens (including phenoxy) is 1. The molecule has 0 atom stereocenters. The first-order chi connectivity index (χ1) is 11.5. The van der Waals surface area contributed by atoms with Gasteiger partial charge in [0, 0.05) is 31.6 Å². The summed E-state index contributed by atoms with van der Waals surface area (Å²) >= 11 is 0. The molecule has 7 heteroatoms. The molecule has 7 nitrogen and oxygen atoms in total. The summed E-state index contributed by atoms with van der Waals surface area (Å²) in [7, 11) is 3.09. The van der Waals surface area contributed by atoms with Crippen molar-refractivity contribution in [3.8, 4) is 0 Å². The monoisotopic (exact) mass is 331 g/mol. The van der Waals surface area contributed by atoms with Gasteiger partial charge in [-0.2, -0.15) is 0 Å². The quantitative estimate of drug-likeness (QED) is 0.756. The van der Waals surface area contributed by atoms with Crippen molar-refractivity contribution >= 4 is 23.0 Å². The van der Waals surface area contributed by atoms with Crippen molar-refractivity contribution < 1.29 is 18.8 Å². The topological polar surface area (TPSA) is 85.5 Å². The fourth-order valence-electron chi connectivity index (χ4n) is 2.74. The summed E-state index contributed by atoms with van der Waals surface area (Å²) in [4.78, 5) is 30.2. The average molecular weight is 331 g/mol. The summed E-state index contributed by atoms with van der Waals surface area (Å²) in [6.45, 7) is 2.28. The molecule has 2 aromatic heterocycles. The van der Waals surface area contributed by atoms with Crippen molar-refractivity contribution in [2.45, 2.75) is 38.5 Å². The lowest BCUT2D eigenvalue weighted by molar-refractivity contribution is -0.140. The van der Waals surface area contributed by atoms with Crippen LogP contribution in [0.25, 0.3) is 11.1 Å². The second kappa shape index (κ2) is 6.59. The number of amides is 1. The standard InChI is InChI=1S/C17H21N3O4/c1-10-15-12(17(22)20(2)8-4-5-14(21)23-3)9-13(11-6-7-11)18-16(15)24-19-10/h9,11H,4-8H2,1-3H3. The number of rotatable bonds is 6. The summed E-state index contributed by atoms with van der Waals surface area (Å²) in [6.07, 6.45) is 3.03. The molecule has 0 bridgehead atoms. The molecule has 1 aliphatic rings. The zero-order valence-corrected chi connectivity index (χ0v) is 14.2. The van der Waals surface area contributed by atoms with Crippen LogP contribution in [-0.4, -0.2) is 47.6 Å². The Kier molecular flexibility index (Phi) is 4.51. The Balaban J connectivity index is 1.82. The number of hydrogen-bond acceptors (Lipinski definition) is 6. The van der Waals surface area contributed by atoms with Gasteiger partial charge in [-0.3, -0.25) is 9.59 Å². The Bertz CT molecular complexity index is 779. The van der Waals surface area contributed by atoms with Gasteiger partial charge in [-0.15, -0.1) is 0 Å². The van der Waals surface area contributed by atoms with E-state index in [-0.39, 0.29) is 11.9 Å². The fraction of sp³-hybridized carbons (Fsp3) is 0.529. The molecular weight excluding hydrogens is 310 g/mol. The van der Waals surface area contributed by atoms with E-state index >= 15 is 0 Å². The minimum atomic E-state index is -0.270. The lowest BCUT2D eigenvalue weighted by Gasteiger charge is -2.17. The lowest BCUT2D eigenvalue weighted by atomic mass is 10.1. The van der Waals surface area contributed by atoms with Crippen LogP contribution in [0.3, 0.4) is 0 Å². The number of methoxy groups -OCH3 is 1. The Morgan fingerprint density at radius 3 is 2.83 bits per heavy atom. The number of pyridine rings is 1. The number of aryl methyl sites for hydroxylation is 1. The molecule has 2 heterocycles. The normalized spacial score (nSPS) is 14.0. The van der Waals surface area contributed by atoms with Gasteiger partial charge in [0.25, 0.3) is 11.6 Å². The third kappa shape index (κ3) is 3.25. The maximum atomic E-state index is 12.9. The van der Waals surface area contributed by atoms with Crippen LogP contribution in [-0.2, 0) is 9.53 Å². The highest BCUT2D eigenvalue weighted by Crippen LogP contribution is 2.40. The molecule has 1 amide bonds. The molecule has 1 aliphatic carbocycles. The van der Waals surface area contributed by atoms with Gasteiger partial charge in [-0.1, -0.05) is 5.16 Å². The maximum absolute atomic E-state index is 12.9. The lowest BCUT2D eigenvalue weighted by Crippen LogP contribution is -2.28. The van der Waals surface area contributed by atoms with E-state index in [1.165, 1.54) is 7.11 Å². The summed E-state index contributed by atoms with van der Waals surface area (Å²) in [6, 6.07) is 1.86. The van der Waals surface area contributed by atoms with Crippen LogP contribution in [0.2, 0.25) is 0 Å². The molecule has 0 radical (unpaired) electrons. The van der Waals surface area contributed by atoms with E-state index in [1.54, 1.807) is 18.9 Å². The van der Waals surface area contributed by atoms with Crippen molar-refractivity contribution in [1.29, 1.82) is 0 Å². The number of carbonyl (C=O) groups is 2. The molecule has 0 aliphatic heterocycles. The smallest absolute Gasteiger partial charge is 0.305 e. The zero-order chi connectivity index (χ0) is 17.3. The van der Waals surface area contributed by atoms with E-state index in [4.69, 9.17) is 4.52 Å². The molecule has 1 saturated carbocycles. The van der Waals surface area contributed by atoms with Gasteiger partial charge >= 0.3 is 5.97 Å². The Morgan fingerprint density at radius 1 is 1.42 bits per heavy atom. The molecule has 0 saturated heterocycles. The number of aromatic nitrogens is 2. The van der Waals surface area contributed by atoms with Gasteiger partial charge in [0.2, 0.25) is 0 Å². The second-order valence-corrected chi connectivity index (χ2v) is 6.22. The van der Waals surface area contributed by atoms with Gasteiger partial charge in [-0.05, 0) is 32.3 Å². The highest BCUT2D eigenvalue weighted by molar-refractivity contribution is 6.06. The summed E-state index contributed by atoms with van der Waals surface area (Å²) in [5, 5.41) is 4.62. The van der Waals surface area contributed by atoms with Crippen molar-refractivity contribution in [2.75, 3.05) is 20.7 Å². The number of esters is 1. The number of hydrogen-bond donors (Lipinski definition) is 0. The minimum Gasteiger partial charge on any atom is -0.469 e. The van der Waals surface area contributed by atoms with E-state index in [0.29, 0.717) is 47.7 Å². The summed E-state index contributed by atoms with van der Waals surface area (Å²) < 4.78 is 9.89. The van der Waals surface area contributed by atoms with Gasteiger partial charge in [0.1, 0.15) is 0 Å². The Labute approximate surface area is 140 Å². The molecule has 0 aromatic carbocycles. The van der Waals surface area contributed by atoms with E-state index < -0.39 is 0 Å². The average Bonchev–Trinajstić information content (AvgIpc) is 3.37. The minimum absolute atomic E-state index is 0.111. The molecule has 1 fully saturated rings. The third-order valence-corrected chi connectivity index (χ3v) is 4.31. The highest BCUT2D eigenvalue weighted by atomic mass is 16.5. The van der Waals surface area contributed by atoms with Crippen LogP contribution in [0.15, 0.2) is 10.6 Å². The fourth-order valence-corrected chi connectivity index (χ4v) is 2.74. The van der Waals surface area contributed by atoms with Crippen LogP contribution in [0.4, 0.5) is 0 Å². The van der Waals surface area contributed by atoms with Crippen LogP contribution in [0, 0.1) is 6.92 Å². The molecule has 0 N–H and O–H groups in total. The molecule has 0 spiro atoms. The number of carbonyl (C=O) groups excluding carboxylic acids is 2. The van der Waals surface area contributed by atoms with E-state index in [0.717, 1.165) is 18.5 Å². The van der Waals surface area contributed by atoms with Gasteiger partial charge in [0.15, 0.2) is 0 Å². The molecule has 0 unspecified atom stereocenters. The van der Waals surface area contributed by atoms with Crippen molar-refractivity contribution in [2.24, 2.45) is 0 Å². The maximum Gasteiger partial charge on any atom is 0.305 e. The number of fused-ring (bicyclic) bond motifs is 1. The van der Waals surface area contributed by atoms with E-state index in [2.05, 4.69) is 14.9 Å². The van der Waals surface area contributed by atoms with Gasteiger partial charge in [0.05, 0.1) is 23.8 Å². The Morgan fingerprint density at radius 2 is 2.17 bits per heavy atom. The zero-order valence-electron chi connectivity index (χ0n) is 14.2. The van der Waals surface area contributed by atoms with Crippen molar-refractivity contribution in [1.82, 2.24) is 15.0 Å². The molecule has 3 rings (SSSR count). The molecule has 24 heavy (non-hydrogen) atoms. The SMILES string of the molecule is COC(=O)CCCN(C)C(=O)c1cc(C2CC2)nc2onc(C)c12. The van der Waals surface area contributed by atoms with Crippen LogP contribution < -0.4 is 0 Å². The van der Waals surface area contributed by atoms with Crippen molar-refractivity contribution in [3.63, 3.8) is 0 Å². The van der Waals surface area contributed by atoms with E-state index in [1.807, 2.05) is 6.07 Å². The van der Waals surface area contributed by atoms with Gasteiger partial charge < -0.3 is 14.2 Å². The van der Waals surface area contributed by atoms with Crippen LogP contribution in [0.1, 0.15) is 53.3 Å². The summed E-state index contributed by atoms with van der Waals surface area (Å²) in [5.41, 5.74) is 2.54. The first-order valence-electron chi connectivity index (χ1n) is 8.10. The van der Waals surface area contributed by atoms with Crippen molar-refractivity contribution in [3.05, 3.63) is 23.0 Å². The molecular formula is C17H21N3O4. The number of nitrogens with zero attached hydrogens (tertiary/aromatic N) is 3. The predicted octanol–water partition coefficient (Wildman–Crippen LogP) is 2.43. The summed E-state index contributed by atoms with van der Waals surface area (Å²) in [5.74, 6) is 0.0319. The second-order valence-electron chi connectivity index (χ2n) is 6.22. The first-order valence-corrected chi connectivity index (χ1v) is 8.10. The largest absolute Gasteiger partial charge is 0.469 e.